The lowest BCUT2D eigenvalue weighted by Crippen LogP contribution is -2.48. The predicted molar refractivity (Wildman–Crippen MR) is 65.6 cm³/mol. The lowest BCUT2D eigenvalue weighted by Gasteiger charge is -2.30. The second-order valence-corrected chi connectivity index (χ2v) is 5.29. The van der Waals surface area contributed by atoms with Crippen molar-refractivity contribution in [2.75, 3.05) is 19.6 Å². The number of hydrogen-bond donors (Lipinski definition) is 1. The van der Waals surface area contributed by atoms with Crippen molar-refractivity contribution in [2.24, 2.45) is 5.92 Å². The Hall–Kier alpha value is -0.940. The van der Waals surface area contributed by atoms with Gasteiger partial charge in [-0.3, -0.25) is 4.90 Å². The van der Waals surface area contributed by atoms with Gasteiger partial charge in [-0.1, -0.05) is 19.0 Å². The molecular weight excluding hydrogens is 216 g/mol. The topological polar surface area (TPSA) is 54.2 Å². The average Bonchev–Trinajstić information content (AvgIpc) is 2.64. The van der Waals surface area contributed by atoms with Crippen molar-refractivity contribution in [3.8, 4) is 0 Å². The summed E-state index contributed by atoms with van der Waals surface area (Å²) in [6, 6.07) is 0.547. The molecule has 0 unspecified atom stereocenters. The van der Waals surface area contributed by atoms with E-state index >= 15 is 0 Å². The second kappa shape index (κ2) is 5.60. The highest BCUT2D eigenvalue weighted by molar-refractivity contribution is 4.88. The number of aromatic nitrogens is 2. The number of nitrogens with zero attached hydrogens (tertiary/aromatic N) is 3. The van der Waals surface area contributed by atoms with E-state index in [0.717, 1.165) is 44.3 Å². The summed E-state index contributed by atoms with van der Waals surface area (Å²) in [6.07, 6.45) is 0.866. The van der Waals surface area contributed by atoms with Crippen LogP contribution < -0.4 is 5.32 Å². The maximum Gasteiger partial charge on any atom is 0.226 e. The van der Waals surface area contributed by atoms with Gasteiger partial charge in [0.05, 0.1) is 6.54 Å². The molecule has 1 saturated heterocycles. The predicted octanol–water partition coefficient (Wildman–Crippen LogP) is 1.06. The summed E-state index contributed by atoms with van der Waals surface area (Å²) in [4.78, 5) is 6.80. The van der Waals surface area contributed by atoms with Crippen molar-refractivity contribution >= 4 is 0 Å². The first-order chi connectivity index (χ1) is 8.13. The normalized spacial score (nSPS) is 22.2. The zero-order chi connectivity index (χ0) is 12.3. The molecule has 1 aromatic heterocycles. The molecule has 96 valence electrons. The smallest absolute Gasteiger partial charge is 0.226 e. The Morgan fingerprint density at radius 2 is 2.35 bits per heavy atom. The molecule has 0 radical (unpaired) electrons. The zero-order valence-corrected chi connectivity index (χ0v) is 10.9. The Balaban J connectivity index is 1.87. The molecule has 1 fully saturated rings. The van der Waals surface area contributed by atoms with Crippen LogP contribution in [0.2, 0.25) is 0 Å². The maximum atomic E-state index is 5.24. The molecule has 17 heavy (non-hydrogen) atoms. The van der Waals surface area contributed by atoms with Crippen LogP contribution in [-0.2, 0) is 13.0 Å². The highest BCUT2D eigenvalue weighted by Crippen LogP contribution is 2.08. The Morgan fingerprint density at radius 3 is 3.06 bits per heavy atom. The minimum Gasteiger partial charge on any atom is -0.339 e. The van der Waals surface area contributed by atoms with Crippen molar-refractivity contribution in [3.05, 3.63) is 11.7 Å². The van der Waals surface area contributed by atoms with Crippen molar-refractivity contribution in [1.82, 2.24) is 20.4 Å². The molecule has 2 heterocycles. The summed E-state index contributed by atoms with van der Waals surface area (Å²) < 4.78 is 5.24. The Labute approximate surface area is 103 Å². The lowest BCUT2D eigenvalue weighted by atomic mass is 10.1. The molecule has 1 atom stereocenters. The number of rotatable bonds is 4. The molecule has 0 aromatic carbocycles. The fourth-order valence-corrected chi connectivity index (χ4v) is 2.14. The Kier molecular flexibility index (Phi) is 4.12. The van der Waals surface area contributed by atoms with Crippen LogP contribution in [0.25, 0.3) is 0 Å². The summed E-state index contributed by atoms with van der Waals surface area (Å²) >= 11 is 0. The van der Waals surface area contributed by atoms with Crippen molar-refractivity contribution in [3.63, 3.8) is 0 Å². The highest BCUT2D eigenvalue weighted by Gasteiger charge is 2.18. The van der Waals surface area contributed by atoms with Gasteiger partial charge in [0, 0.05) is 32.1 Å². The van der Waals surface area contributed by atoms with Crippen LogP contribution in [-0.4, -0.2) is 40.7 Å². The van der Waals surface area contributed by atoms with Crippen LogP contribution in [0, 0.1) is 5.92 Å². The fraction of sp³-hybridized carbons (Fsp3) is 0.833. The molecule has 0 aliphatic carbocycles. The Bertz CT molecular complexity index is 350. The minimum atomic E-state index is 0.547. The third kappa shape index (κ3) is 3.78. The van der Waals surface area contributed by atoms with Gasteiger partial charge in [0.25, 0.3) is 0 Å². The van der Waals surface area contributed by atoms with E-state index in [2.05, 4.69) is 41.1 Å². The summed E-state index contributed by atoms with van der Waals surface area (Å²) in [7, 11) is 0. The van der Waals surface area contributed by atoms with Crippen LogP contribution in [0.1, 0.15) is 32.5 Å². The molecule has 1 aliphatic heterocycles. The van der Waals surface area contributed by atoms with E-state index in [1.54, 1.807) is 0 Å². The summed E-state index contributed by atoms with van der Waals surface area (Å²) in [5.74, 6) is 2.13. The van der Waals surface area contributed by atoms with E-state index in [1.807, 2.05) is 0 Å². The molecule has 0 amide bonds. The fourth-order valence-electron chi connectivity index (χ4n) is 2.14. The lowest BCUT2D eigenvalue weighted by molar-refractivity contribution is 0.193. The van der Waals surface area contributed by atoms with Crippen LogP contribution in [0.4, 0.5) is 0 Å². The quantitative estimate of drug-likeness (QED) is 0.850. The first-order valence-electron chi connectivity index (χ1n) is 6.40. The number of hydrogen-bond acceptors (Lipinski definition) is 5. The van der Waals surface area contributed by atoms with E-state index in [4.69, 9.17) is 4.52 Å². The number of piperazine rings is 1. The van der Waals surface area contributed by atoms with Crippen LogP contribution in [0.15, 0.2) is 4.52 Å². The van der Waals surface area contributed by atoms with E-state index in [1.165, 1.54) is 0 Å². The van der Waals surface area contributed by atoms with Crippen LogP contribution >= 0.6 is 0 Å². The van der Waals surface area contributed by atoms with Crippen LogP contribution in [0.5, 0.6) is 0 Å². The highest BCUT2D eigenvalue weighted by atomic mass is 16.5. The van der Waals surface area contributed by atoms with Gasteiger partial charge in [-0.15, -0.1) is 0 Å². The molecule has 2 rings (SSSR count). The molecule has 0 spiro atoms. The zero-order valence-electron chi connectivity index (χ0n) is 10.9. The van der Waals surface area contributed by atoms with Crippen molar-refractivity contribution < 1.29 is 4.52 Å². The summed E-state index contributed by atoms with van der Waals surface area (Å²) in [6.45, 7) is 10.5. The Morgan fingerprint density at radius 1 is 1.53 bits per heavy atom. The minimum absolute atomic E-state index is 0.547. The van der Waals surface area contributed by atoms with Gasteiger partial charge >= 0.3 is 0 Å². The molecule has 0 bridgehead atoms. The average molecular weight is 238 g/mol. The first-order valence-corrected chi connectivity index (χ1v) is 6.40. The summed E-state index contributed by atoms with van der Waals surface area (Å²) in [5.41, 5.74) is 0. The van der Waals surface area contributed by atoms with Gasteiger partial charge in [0.2, 0.25) is 5.89 Å². The largest absolute Gasteiger partial charge is 0.339 e. The van der Waals surface area contributed by atoms with Gasteiger partial charge in [-0.25, -0.2) is 0 Å². The first kappa shape index (κ1) is 12.5. The van der Waals surface area contributed by atoms with E-state index in [0.29, 0.717) is 12.0 Å². The monoisotopic (exact) mass is 238 g/mol. The third-order valence-corrected chi connectivity index (χ3v) is 2.91. The SMILES string of the molecule is CC(C)Cc1nc(CN2CCN[C@@H](C)C2)no1. The summed E-state index contributed by atoms with van der Waals surface area (Å²) in [5, 5.41) is 7.46. The third-order valence-electron chi connectivity index (χ3n) is 2.91. The molecule has 5 heteroatoms. The molecule has 5 nitrogen and oxygen atoms in total. The maximum absolute atomic E-state index is 5.24. The van der Waals surface area contributed by atoms with E-state index in [9.17, 15) is 0 Å². The van der Waals surface area contributed by atoms with Crippen molar-refractivity contribution in [2.45, 2.75) is 39.8 Å². The molecule has 0 saturated carbocycles. The van der Waals surface area contributed by atoms with Gasteiger partial charge < -0.3 is 9.84 Å². The van der Waals surface area contributed by atoms with Gasteiger partial charge in [0.1, 0.15) is 0 Å². The van der Waals surface area contributed by atoms with Gasteiger partial charge in [-0.05, 0) is 12.8 Å². The van der Waals surface area contributed by atoms with Crippen molar-refractivity contribution in [1.29, 1.82) is 0 Å². The molecule has 1 aliphatic rings. The molecular formula is C12H22N4O. The molecule has 1 aromatic rings. The van der Waals surface area contributed by atoms with E-state index < -0.39 is 0 Å². The van der Waals surface area contributed by atoms with Gasteiger partial charge in [-0.2, -0.15) is 4.98 Å². The van der Waals surface area contributed by atoms with Crippen LogP contribution in [0.3, 0.4) is 0 Å². The standard InChI is InChI=1S/C12H22N4O/c1-9(2)6-12-14-11(15-17-12)8-16-5-4-13-10(3)7-16/h9-10,13H,4-8H2,1-3H3/t10-/m0/s1. The van der Waals surface area contributed by atoms with Gasteiger partial charge in [0.15, 0.2) is 5.82 Å². The molecule has 1 N–H and O–H groups in total. The van der Waals surface area contributed by atoms with E-state index in [-0.39, 0.29) is 0 Å². The number of nitrogens with one attached hydrogen (secondary N) is 1. The second-order valence-electron chi connectivity index (χ2n) is 5.29.